The first-order valence-corrected chi connectivity index (χ1v) is 6.71. The highest BCUT2D eigenvalue weighted by Crippen LogP contribution is 2.26. The largest absolute Gasteiger partial charge is 0.294 e. The number of fused-ring (bicyclic) bond motifs is 1. The lowest BCUT2D eigenvalue weighted by atomic mass is 9.91. The summed E-state index contributed by atoms with van der Waals surface area (Å²) in [4.78, 5) is 12.6. The Labute approximate surface area is 112 Å². The van der Waals surface area contributed by atoms with Crippen LogP contribution in [0.5, 0.6) is 0 Å². The van der Waals surface area contributed by atoms with Crippen molar-refractivity contribution in [1.29, 1.82) is 0 Å². The lowest BCUT2D eigenvalue weighted by Gasteiger charge is -2.11. The summed E-state index contributed by atoms with van der Waals surface area (Å²) >= 11 is 0. The third-order valence-corrected chi connectivity index (χ3v) is 3.76. The molecule has 0 amide bonds. The van der Waals surface area contributed by atoms with E-state index in [-0.39, 0.29) is 11.7 Å². The molecule has 0 radical (unpaired) electrons. The molecule has 1 aliphatic carbocycles. The predicted molar refractivity (Wildman–Crippen MR) is 71.9 cm³/mol. The van der Waals surface area contributed by atoms with Crippen molar-refractivity contribution in [2.24, 2.45) is 13.0 Å². The fourth-order valence-corrected chi connectivity index (χ4v) is 2.80. The number of carbonyl (C=O) groups excluding carboxylic acids is 1. The zero-order chi connectivity index (χ0) is 13.2. The Bertz CT molecular complexity index is 603. The number of nitrogens with zero attached hydrogens (tertiary/aromatic N) is 3. The Balaban J connectivity index is 1.85. The molecule has 1 aromatic carbocycles. The van der Waals surface area contributed by atoms with Crippen LogP contribution in [0.3, 0.4) is 0 Å². The minimum Gasteiger partial charge on any atom is -0.294 e. The Morgan fingerprint density at radius 1 is 1.37 bits per heavy atom. The molecule has 98 valence electrons. The molecule has 1 atom stereocenters. The van der Waals surface area contributed by atoms with E-state index in [9.17, 15) is 4.79 Å². The van der Waals surface area contributed by atoms with Gasteiger partial charge in [0.25, 0.3) is 0 Å². The average molecular weight is 255 g/mol. The topological polar surface area (TPSA) is 47.8 Å². The number of carbonyl (C=O) groups is 1. The number of rotatable bonds is 2. The maximum absolute atomic E-state index is 12.6. The molecular weight excluding hydrogens is 238 g/mol. The van der Waals surface area contributed by atoms with Crippen molar-refractivity contribution in [2.75, 3.05) is 0 Å². The molecule has 4 nitrogen and oxygen atoms in total. The molecule has 3 rings (SSSR count). The SMILES string of the molecule is Cn1cc(CC2CCCc3ccccc3C2=O)nn1. The van der Waals surface area contributed by atoms with Crippen LogP contribution in [0.25, 0.3) is 0 Å². The standard InChI is InChI=1S/C15H17N3O/c1-18-10-13(16-17-18)9-12-7-4-6-11-5-2-3-8-14(11)15(12)19/h2-3,5,8,10,12H,4,6-7,9H2,1H3. The summed E-state index contributed by atoms with van der Waals surface area (Å²) in [7, 11) is 1.85. The summed E-state index contributed by atoms with van der Waals surface area (Å²) in [5, 5.41) is 8.02. The van der Waals surface area contributed by atoms with Gasteiger partial charge in [0.1, 0.15) is 0 Å². The fraction of sp³-hybridized carbons (Fsp3) is 0.400. The third kappa shape index (κ3) is 2.43. The van der Waals surface area contributed by atoms with Gasteiger partial charge in [-0.25, -0.2) is 0 Å². The van der Waals surface area contributed by atoms with Crippen LogP contribution in [-0.2, 0) is 19.9 Å². The number of hydrogen-bond donors (Lipinski definition) is 0. The van der Waals surface area contributed by atoms with E-state index in [4.69, 9.17) is 0 Å². The molecule has 1 heterocycles. The number of ketones is 1. The molecule has 0 fully saturated rings. The number of aryl methyl sites for hydroxylation is 2. The maximum Gasteiger partial charge on any atom is 0.166 e. The van der Waals surface area contributed by atoms with Gasteiger partial charge in [-0.05, 0) is 24.8 Å². The fourth-order valence-electron chi connectivity index (χ4n) is 2.80. The van der Waals surface area contributed by atoms with Crippen molar-refractivity contribution in [3.8, 4) is 0 Å². The number of aromatic nitrogens is 3. The second-order valence-electron chi connectivity index (χ2n) is 5.20. The first-order chi connectivity index (χ1) is 9.24. The van der Waals surface area contributed by atoms with Crippen LogP contribution < -0.4 is 0 Å². The van der Waals surface area contributed by atoms with Gasteiger partial charge in [0, 0.05) is 31.1 Å². The summed E-state index contributed by atoms with van der Waals surface area (Å²) in [6.07, 6.45) is 5.59. The van der Waals surface area contributed by atoms with Gasteiger partial charge in [0.05, 0.1) is 5.69 Å². The van der Waals surface area contributed by atoms with Crippen LogP contribution in [-0.4, -0.2) is 20.8 Å². The number of benzene rings is 1. The van der Waals surface area contributed by atoms with E-state index in [1.165, 1.54) is 5.56 Å². The minimum atomic E-state index is 0.0420. The number of Topliss-reactive ketones (excluding diaryl/α,β-unsaturated/α-hetero) is 1. The molecule has 4 heteroatoms. The predicted octanol–water partition coefficient (Wildman–Crippen LogP) is 2.19. The van der Waals surface area contributed by atoms with Crippen molar-refractivity contribution in [1.82, 2.24) is 15.0 Å². The Hall–Kier alpha value is -1.97. The van der Waals surface area contributed by atoms with E-state index in [2.05, 4.69) is 16.4 Å². The lowest BCUT2D eigenvalue weighted by molar-refractivity contribution is 0.0914. The average Bonchev–Trinajstić information content (AvgIpc) is 2.75. The quantitative estimate of drug-likeness (QED) is 0.773. The van der Waals surface area contributed by atoms with Crippen molar-refractivity contribution in [2.45, 2.75) is 25.7 Å². The highest BCUT2D eigenvalue weighted by molar-refractivity contribution is 5.99. The maximum atomic E-state index is 12.6. The first kappa shape index (κ1) is 12.1. The Kier molecular flexibility index (Phi) is 3.15. The van der Waals surface area contributed by atoms with Crippen LogP contribution in [0.2, 0.25) is 0 Å². The van der Waals surface area contributed by atoms with Crippen LogP contribution in [0.1, 0.15) is 34.5 Å². The van der Waals surface area contributed by atoms with E-state index in [1.54, 1.807) is 4.68 Å². The highest BCUT2D eigenvalue weighted by Gasteiger charge is 2.26. The molecule has 19 heavy (non-hydrogen) atoms. The van der Waals surface area contributed by atoms with Gasteiger partial charge >= 0.3 is 0 Å². The normalized spacial score (nSPS) is 19.0. The van der Waals surface area contributed by atoms with Crippen molar-refractivity contribution in [3.63, 3.8) is 0 Å². The molecular formula is C15H17N3O. The summed E-state index contributed by atoms with van der Waals surface area (Å²) in [5.74, 6) is 0.305. The smallest absolute Gasteiger partial charge is 0.166 e. The van der Waals surface area contributed by atoms with E-state index in [0.29, 0.717) is 6.42 Å². The van der Waals surface area contributed by atoms with Crippen molar-refractivity contribution >= 4 is 5.78 Å². The van der Waals surface area contributed by atoms with Gasteiger partial charge in [-0.1, -0.05) is 29.5 Å². The summed E-state index contributed by atoms with van der Waals surface area (Å²) in [5.41, 5.74) is 2.99. The van der Waals surface area contributed by atoms with Gasteiger partial charge in [-0.2, -0.15) is 0 Å². The van der Waals surface area contributed by atoms with Crippen molar-refractivity contribution in [3.05, 3.63) is 47.3 Å². The second kappa shape index (κ2) is 4.96. The van der Waals surface area contributed by atoms with Crippen molar-refractivity contribution < 1.29 is 4.79 Å². The second-order valence-corrected chi connectivity index (χ2v) is 5.20. The van der Waals surface area contributed by atoms with Gasteiger partial charge < -0.3 is 0 Å². The molecule has 0 bridgehead atoms. The summed E-state index contributed by atoms with van der Waals surface area (Å²) in [6, 6.07) is 7.97. The molecule has 0 aliphatic heterocycles. The molecule has 1 aromatic heterocycles. The Morgan fingerprint density at radius 2 is 2.21 bits per heavy atom. The van der Waals surface area contributed by atoms with E-state index >= 15 is 0 Å². The molecule has 2 aromatic rings. The molecule has 1 unspecified atom stereocenters. The van der Waals surface area contributed by atoms with Crippen LogP contribution in [0, 0.1) is 5.92 Å². The van der Waals surface area contributed by atoms with Crippen LogP contribution in [0.4, 0.5) is 0 Å². The first-order valence-electron chi connectivity index (χ1n) is 6.71. The molecule has 0 saturated carbocycles. The zero-order valence-corrected chi connectivity index (χ0v) is 11.0. The molecule has 0 spiro atoms. The van der Waals surface area contributed by atoms with Crippen LogP contribution >= 0.6 is 0 Å². The third-order valence-electron chi connectivity index (χ3n) is 3.76. The molecule has 1 aliphatic rings. The minimum absolute atomic E-state index is 0.0420. The lowest BCUT2D eigenvalue weighted by Crippen LogP contribution is -2.17. The molecule has 0 N–H and O–H groups in total. The van der Waals surface area contributed by atoms with E-state index < -0.39 is 0 Å². The van der Waals surface area contributed by atoms with E-state index in [1.807, 2.05) is 31.4 Å². The van der Waals surface area contributed by atoms with Gasteiger partial charge in [-0.15, -0.1) is 5.10 Å². The summed E-state index contributed by atoms with van der Waals surface area (Å²) < 4.78 is 1.68. The monoisotopic (exact) mass is 255 g/mol. The van der Waals surface area contributed by atoms with Gasteiger partial charge in [0.2, 0.25) is 0 Å². The zero-order valence-electron chi connectivity index (χ0n) is 11.0. The highest BCUT2D eigenvalue weighted by atomic mass is 16.1. The van der Waals surface area contributed by atoms with E-state index in [0.717, 1.165) is 30.5 Å². The summed E-state index contributed by atoms with van der Waals surface area (Å²) in [6.45, 7) is 0. The van der Waals surface area contributed by atoms with Gasteiger partial charge in [-0.3, -0.25) is 9.48 Å². The van der Waals surface area contributed by atoms with Gasteiger partial charge in [0.15, 0.2) is 5.78 Å². The molecule has 0 saturated heterocycles. The Morgan fingerprint density at radius 3 is 3.00 bits per heavy atom. The number of hydrogen-bond acceptors (Lipinski definition) is 3. The van der Waals surface area contributed by atoms with Crippen LogP contribution in [0.15, 0.2) is 30.5 Å².